The van der Waals surface area contributed by atoms with Crippen molar-refractivity contribution in [3.8, 4) is 0 Å². The summed E-state index contributed by atoms with van der Waals surface area (Å²) in [6.45, 7) is 0.904. The third-order valence-corrected chi connectivity index (χ3v) is 7.90. The minimum atomic E-state index is -0.702. The summed E-state index contributed by atoms with van der Waals surface area (Å²) in [6, 6.07) is 23.5. The number of halogens is 2. The first-order valence-corrected chi connectivity index (χ1v) is 13.5. The summed E-state index contributed by atoms with van der Waals surface area (Å²) >= 11 is 12.3. The number of hydrogen-bond donors (Lipinski definition) is 1. The summed E-state index contributed by atoms with van der Waals surface area (Å²) in [7, 11) is 1.64. The first kappa shape index (κ1) is 27.0. The highest BCUT2D eigenvalue weighted by Crippen LogP contribution is 2.30. The van der Waals surface area contributed by atoms with E-state index in [9.17, 15) is 14.4 Å². The summed E-state index contributed by atoms with van der Waals surface area (Å²) < 4.78 is 0. The molecular formula is C29H29Cl2N5O3. The molecule has 2 aliphatic heterocycles. The molecular weight excluding hydrogens is 537 g/mol. The zero-order valence-corrected chi connectivity index (χ0v) is 23.0. The number of fused-ring (bicyclic) bond motifs is 1. The first-order chi connectivity index (χ1) is 18.8. The maximum absolute atomic E-state index is 13.8. The maximum atomic E-state index is 13.8. The van der Waals surface area contributed by atoms with Crippen LogP contribution >= 0.6 is 23.2 Å². The number of nitrogens with zero attached hydrogens (tertiary/aromatic N) is 4. The van der Waals surface area contributed by atoms with Crippen LogP contribution in [0.25, 0.3) is 0 Å². The number of carbonyl (C=O) groups is 3. The minimum Gasteiger partial charge on any atom is -0.333 e. The van der Waals surface area contributed by atoms with Gasteiger partial charge in [0.2, 0.25) is 11.8 Å². The molecule has 3 aromatic rings. The Kier molecular flexibility index (Phi) is 8.07. The Morgan fingerprint density at radius 1 is 0.923 bits per heavy atom. The van der Waals surface area contributed by atoms with E-state index in [-0.39, 0.29) is 30.9 Å². The summed E-state index contributed by atoms with van der Waals surface area (Å²) in [5, 5.41) is 6.94. The van der Waals surface area contributed by atoms with E-state index in [2.05, 4.69) is 5.32 Å². The Bertz CT molecular complexity index is 1360. The third kappa shape index (κ3) is 5.88. The number of piperazine rings is 1. The molecule has 0 unspecified atom stereocenters. The van der Waals surface area contributed by atoms with Crippen LogP contribution in [0, 0.1) is 0 Å². The third-order valence-electron chi connectivity index (χ3n) is 7.16. The average molecular weight is 566 g/mol. The molecule has 10 heteroatoms. The molecule has 4 amide bonds. The second kappa shape index (κ2) is 11.7. The van der Waals surface area contributed by atoms with Crippen molar-refractivity contribution in [2.24, 2.45) is 0 Å². The van der Waals surface area contributed by atoms with Gasteiger partial charge in [0.1, 0.15) is 12.2 Å². The van der Waals surface area contributed by atoms with Gasteiger partial charge in [0.25, 0.3) is 0 Å². The molecule has 0 saturated carbocycles. The lowest BCUT2D eigenvalue weighted by Gasteiger charge is -2.45. The Morgan fingerprint density at radius 2 is 1.59 bits per heavy atom. The molecule has 2 aliphatic rings. The molecule has 2 atom stereocenters. The number of amides is 4. The molecule has 0 aliphatic carbocycles. The van der Waals surface area contributed by atoms with Gasteiger partial charge in [-0.25, -0.2) is 4.79 Å². The van der Waals surface area contributed by atoms with Crippen molar-refractivity contribution >= 4 is 41.0 Å². The SMILES string of the molecule is CN(C(=O)NCc1ccccc1)N1CC(=O)N2[C@@H](Cc3ccccc3)C(=O)N(Cc3ccc(Cl)c(Cl)c3)C[C@@H]21. The number of hydrazine groups is 1. The van der Waals surface area contributed by atoms with Crippen molar-refractivity contribution in [1.82, 2.24) is 25.1 Å². The first-order valence-electron chi connectivity index (χ1n) is 12.7. The monoisotopic (exact) mass is 565 g/mol. The molecule has 5 rings (SSSR count). The van der Waals surface area contributed by atoms with Crippen LogP contribution in [0.2, 0.25) is 10.0 Å². The van der Waals surface area contributed by atoms with Crippen LogP contribution in [-0.2, 0) is 29.1 Å². The van der Waals surface area contributed by atoms with E-state index in [1.165, 1.54) is 5.01 Å². The van der Waals surface area contributed by atoms with Gasteiger partial charge in [-0.3, -0.25) is 14.6 Å². The molecule has 1 N–H and O–H groups in total. The van der Waals surface area contributed by atoms with Gasteiger partial charge in [-0.15, -0.1) is 0 Å². The Balaban J connectivity index is 1.39. The van der Waals surface area contributed by atoms with Crippen LogP contribution in [-0.4, -0.2) is 70.0 Å². The van der Waals surface area contributed by atoms with Gasteiger partial charge >= 0.3 is 6.03 Å². The van der Waals surface area contributed by atoms with Gasteiger partial charge < -0.3 is 15.1 Å². The van der Waals surface area contributed by atoms with E-state index >= 15 is 0 Å². The van der Waals surface area contributed by atoms with E-state index in [4.69, 9.17) is 23.2 Å². The number of nitrogens with one attached hydrogen (secondary N) is 1. The zero-order valence-electron chi connectivity index (χ0n) is 21.5. The lowest BCUT2D eigenvalue weighted by molar-refractivity contribution is -0.157. The van der Waals surface area contributed by atoms with Crippen molar-refractivity contribution in [1.29, 1.82) is 0 Å². The molecule has 2 saturated heterocycles. The van der Waals surface area contributed by atoms with Crippen LogP contribution in [0.4, 0.5) is 4.79 Å². The fourth-order valence-electron chi connectivity index (χ4n) is 5.15. The van der Waals surface area contributed by atoms with Gasteiger partial charge in [0, 0.05) is 26.6 Å². The highest BCUT2D eigenvalue weighted by atomic mass is 35.5. The van der Waals surface area contributed by atoms with E-state index in [0.29, 0.717) is 29.6 Å². The van der Waals surface area contributed by atoms with Crippen molar-refractivity contribution in [2.45, 2.75) is 31.7 Å². The molecule has 8 nitrogen and oxygen atoms in total. The van der Waals surface area contributed by atoms with Crippen LogP contribution in [0.1, 0.15) is 16.7 Å². The lowest BCUT2D eigenvalue weighted by atomic mass is 10.00. The largest absolute Gasteiger partial charge is 0.333 e. The number of rotatable bonds is 7. The molecule has 0 radical (unpaired) electrons. The number of urea groups is 1. The van der Waals surface area contributed by atoms with Crippen LogP contribution < -0.4 is 5.32 Å². The molecule has 39 heavy (non-hydrogen) atoms. The second-order valence-electron chi connectivity index (χ2n) is 9.72. The van der Waals surface area contributed by atoms with Crippen molar-refractivity contribution in [3.05, 3.63) is 106 Å². The highest BCUT2D eigenvalue weighted by Gasteiger charge is 2.51. The summed E-state index contributed by atoms with van der Waals surface area (Å²) in [6.07, 6.45) is -0.128. The van der Waals surface area contributed by atoms with Crippen LogP contribution in [0.15, 0.2) is 78.9 Å². The van der Waals surface area contributed by atoms with E-state index in [1.807, 2.05) is 66.7 Å². The Hall–Kier alpha value is -3.59. The van der Waals surface area contributed by atoms with Gasteiger partial charge in [0.15, 0.2) is 0 Å². The van der Waals surface area contributed by atoms with Gasteiger partial charge in [-0.2, -0.15) is 5.01 Å². The van der Waals surface area contributed by atoms with E-state index < -0.39 is 12.2 Å². The highest BCUT2D eigenvalue weighted by molar-refractivity contribution is 6.42. The minimum absolute atomic E-state index is 0.000887. The van der Waals surface area contributed by atoms with Gasteiger partial charge in [-0.05, 0) is 28.8 Å². The van der Waals surface area contributed by atoms with Gasteiger partial charge in [0.05, 0.1) is 23.1 Å². The number of hydrogen-bond acceptors (Lipinski definition) is 4. The summed E-state index contributed by atoms with van der Waals surface area (Å²) in [4.78, 5) is 43.6. The van der Waals surface area contributed by atoms with Gasteiger partial charge in [-0.1, -0.05) is 89.9 Å². The molecule has 3 aromatic carbocycles. The summed E-state index contributed by atoms with van der Waals surface area (Å²) in [5.41, 5.74) is 2.75. The van der Waals surface area contributed by atoms with Crippen LogP contribution in [0.5, 0.6) is 0 Å². The fourth-order valence-corrected chi connectivity index (χ4v) is 5.47. The standard InChI is InChI=1S/C29H29Cl2N5O3/c1-33(29(39)32-16-21-10-6-3-7-11-21)35-19-27(37)36-25(15-20-8-4-2-5-9-20)28(38)34(18-26(35)36)17-22-12-13-23(30)24(31)14-22/h2-14,25-26H,15-19H2,1H3,(H,32,39)/t25-,26+/m0/s1. The molecule has 0 spiro atoms. The number of carbonyl (C=O) groups excluding carboxylic acids is 3. The predicted molar refractivity (Wildman–Crippen MR) is 150 cm³/mol. The maximum Gasteiger partial charge on any atom is 0.332 e. The predicted octanol–water partition coefficient (Wildman–Crippen LogP) is 4.17. The smallest absolute Gasteiger partial charge is 0.332 e. The molecule has 0 bridgehead atoms. The Labute approximate surface area is 237 Å². The average Bonchev–Trinajstić information content (AvgIpc) is 3.27. The molecule has 2 heterocycles. The topological polar surface area (TPSA) is 76.2 Å². The summed E-state index contributed by atoms with van der Waals surface area (Å²) in [5.74, 6) is -0.335. The lowest BCUT2D eigenvalue weighted by Crippen LogP contribution is -2.65. The quantitative estimate of drug-likeness (QED) is 0.466. The second-order valence-corrected chi connectivity index (χ2v) is 10.5. The molecule has 202 valence electrons. The Morgan fingerprint density at radius 3 is 2.26 bits per heavy atom. The molecule has 0 aromatic heterocycles. The zero-order chi connectivity index (χ0) is 27.5. The van der Waals surface area contributed by atoms with Crippen molar-refractivity contribution in [3.63, 3.8) is 0 Å². The number of benzene rings is 3. The fraction of sp³-hybridized carbons (Fsp3) is 0.276. The van der Waals surface area contributed by atoms with Crippen molar-refractivity contribution in [2.75, 3.05) is 20.1 Å². The van der Waals surface area contributed by atoms with E-state index in [0.717, 1.165) is 16.7 Å². The van der Waals surface area contributed by atoms with E-state index in [1.54, 1.807) is 34.0 Å². The molecule has 2 fully saturated rings. The normalized spacial score (nSPS) is 19.3. The van der Waals surface area contributed by atoms with Crippen LogP contribution in [0.3, 0.4) is 0 Å². The van der Waals surface area contributed by atoms with Crippen molar-refractivity contribution < 1.29 is 14.4 Å².